The van der Waals surface area contributed by atoms with Crippen molar-refractivity contribution in [3.8, 4) is 0 Å². The molecular formula is C15H29NO3. The summed E-state index contributed by atoms with van der Waals surface area (Å²) in [4.78, 5) is 0. The van der Waals surface area contributed by atoms with Crippen LogP contribution in [0.25, 0.3) is 0 Å². The van der Waals surface area contributed by atoms with Crippen molar-refractivity contribution in [2.75, 3.05) is 40.1 Å². The Morgan fingerprint density at radius 2 is 1.84 bits per heavy atom. The lowest BCUT2D eigenvalue weighted by Crippen LogP contribution is -2.42. The maximum atomic E-state index is 6.16. The van der Waals surface area contributed by atoms with Gasteiger partial charge in [-0.1, -0.05) is 12.8 Å². The minimum Gasteiger partial charge on any atom is -0.385 e. The van der Waals surface area contributed by atoms with Crippen LogP contribution in [0.15, 0.2) is 0 Å². The van der Waals surface area contributed by atoms with Gasteiger partial charge in [-0.15, -0.1) is 0 Å². The lowest BCUT2D eigenvalue weighted by molar-refractivity contribution is -0.0637. The van der Waals surface area contributed by atoms with Crippen molar-refractivity contribution in [3.63, 3.8) is 0 Å². The van der Waals surface area contributed by atoms with Gasteiger partial charge in [-0.2, -0.15) is 0 Å². The number of hydrogen-bond acceptors (Lipinski definition) is 4. The lowest BCUT2D eigenvalue weighted by atomic mass is 10.0. The zero-order chi connectivity index (χ0) is 13.4. The predicted molar refractivity (Wildman–Crippen MR) is 75.5 cm³/mol. The normalized spacial score (nSPS) is 21.9. The topological polar surface area (TPSA) is 39.7 Å². The van der Waals surface area contributed by atoms with Gasteiger partial charge in [-0.25, -0.2) is 0 Å². The van der Waals surface area contributed by atoms with Crippen molar-refractivity contribution in [1.82, 2.24) is 5.32 Å². The van der Waals surface area contributed by atoms with Crippen LogP contribution >= 0.6 is 0 Å². The number of hydrogen-bond donors (Lipinski definition) is 1. The molecule has 0 saturated heterocycles. The molecule has 1 N–H and O–H groups in total. The summed E-state index contributed by atoms with van der Waals surface area (Å²) in [5.74, 6) is 0. The molecule has 2 aliphatic carbocycles. The fourth-order valence-electron chi connectivity index (χ4n) is 2.73. The van der Waals surface area contributed by atoms with Gasteiger partial charge < -0.3 is 19.5 Å². The molecule has 0 atom stereocenters. The first kappa shape index (κ1) is 15.2. The molecule has 0 aliphatic heterocycles. The van der Waals surface area contributed by atoms with Gasteiger partial charge in [0.05, 0.1) is 18.8 Å². The standard InChI is InChI=1S/C15H29NO3/c1-17-9-4-10-18-11-12-19-15(7-2-3-8-15)13-16-14-5-6-14/h14,16H,2-13H2,1H3. The molecule has 2 rings (SSSR count). The van der Waals surface area contributed by atoms with Crippen molar-refractivity contribution in [2.24, 2.45) is 0 Å². The molecule has 0 amide bonds. The third kappa shape index (κ3) is 5.78. The molecule has 0 bridgehead atoms. The van der Waals surface area contributed by atoms with Gasteiger partial charge in [0, 0.05) is 32.9 Å². The summed E-state index contributed by atoms with van der Waals surface area (Å²) in [6.45, 7) is 4.00. The summed E-state index contributed by atoms with van der Waals surface area (Å²) >= 11 is 0. The molecule has 2 aliphatic rings. The van der Waals surface area contributed by atoms with E-state index in [1.54, 1.807) is 7.11 Å². The quantitative estimate of drug-likeness (QED) is 0.584. The molecule has 0 unspecified atom stereocenters. The highest BCUT2D eigenvalue weighted by atomic mass is 16.5. The Kier molecular flexibility index (Phi) is 6.57. The van der Waals surface area contributed by atoms with Crippen LogP contribution in [0.3, 0.4) is 0 Å². The zero-order valence-electron chi connectivity index (χ0n) is 12.3. The summed E-state index contributed by atoms with van der Waals surface area (Å²) in [6, 6.07) is 0.770. The maximum Gasteiger partial charge on any atom is 0.0807 e. The smallest absolute Gasteiger partial charge is 0.0807 e. The van der Waals surface area contributed by atoms with Gasteiger partial charge >= 0.3 is 0 Å². The lowest BCUT2D eigenvalue weighted by Gasteiger charge is -2.30. The van der Waals surface area contributed by atoms with Gasteiger partial charge in [0.15, 0.2) is 0 Å². The zero-order valence-corrected chi connectivity index (χ0v) is 12.3. The van der Waals surface area contributed by atoms with Crippen LogP contribution in [0.4, 0.5) is 0 Å². The number of nitrogens with one attached hydrogen (secondary N) is 1. The van der Waals surface area contributed by atoms with Crippen LogP contribution in [0.5, 0.6) is 0 Å². The summed E-state index contributed by atoms with van der Waals surface area (Å²) < 4.78 is 16.7. The second-order valence-electron chi connectivity index (χ2n) is 5.85. The van der Waals surface area contributed by atoms with Gasteiger partial charge in [0.2, 0.25) is 0 Å². The molecule has 112 valence electrons. The van der Waals surface area contributed by atoms with E-state index in [1.807, 2.05) is 0 Å². The maximum absolute atomic E-state index is 6.16. The van der Waals surface area contributed by atoms with E-state index in [0.29, 0.717) is 6.61 Å². The first-order valence-corrected chi connectivity index (χ1v) is 7.79. The van der Waals surface area contributed by atoms with E-state index in [0.717, 1.165) is 38.8 Å². The van der Waals surface area contributed by atoms with Crippen LogP contribution in [-0.4, -0.2) is 51.7 Å². The molecule has 4 nitrogen and oxygen atoms in total. The summed E-state index contributed by atoms with van der Waals surface area (Å²) in [5, 5.41) is 3.63. The van der Waals surface area contributed by atoms with E-state index >= 15 is 0 Å². The number of methoxy groups -OCH3 is 1. The predicted octanol–water partition coefficient (Wildman–Crippen LogP) is 2.12. The minimum absolute atomic E-state index is 0.0957. The Bertz CT molecular complexity index is 238. The average molecular weight is 271 g/mol. The van der Waals surface area contributed by atoms with E-state index < -0.39 is 0 Å². The molecule has 0 aromatic heterocycles. The van der Waals surface area contributed by atoms with Crippen molar-refractivity contribution < 1.29 is 14.2 Å². The Morgan fingerprint density at radius 3 is 2.53 bits per heavy atom. The van der Waals surface area contributed by atoms with E-state index in [2.05, 4.69) is 5.32 Å². The molecule has 2 saturated carbocycles. The highest BCUT2D eigenvalue weighted by Crippen LogP contribution is 2.33. The second-order valence-corrected chi connectivity index (χ2v) is 5.85. The fourth-order valence-corrected chi connectivity index (χ4v) is 2.73. The largest absolute Gasteiger partial charge is 0.385 e. The first-order chi connectivity index (χ1) is 9.35. The average Bonchev–Trinajstić information content (AvgIpc) is 3.15. The first-order valence-electron chi connectivity index (χ1n) is 7.79. The van der Waals surface area contributed by atoms with Gasteiger partial charge in [0.1, 0.15) is 0 Å². The molecule has 0 spiro atoms. The molecule has 4 heteroatoms. The number of rotatable bonds is 11. The minimum atomic E-state index is 0.0957. The highest BCUT2D eigenvalue weighted by Gasteiger charge is 2.36. The Balaban J connectivity index is 1.54. The van der Waals surface area contributed by atoms with Gasteiger partial charge in [-0.05, 0) is 32.1 Å². The Hall–Kier alpha value is -0.160. The number of ether oxygens (including phenoxy) is 3. The summed E-state index contributed by atoms with van der Waals surface area (Å²) in [5.41, 5.74) is 0.0957. The Labute approximate surface area is 117 Å². The Morgan fingerprint density at radius 1 is 1.05 bits per heavy atom. The molecule has 0 heterocycles. The van der Waals surface area contributed by atoms with Gasteiger partial charge in [-0.3, -0.25) is 0 Å². The molecule has 2 fully saturated rings. The third-order valence-electron chi connectivity index (χ3n) is 4.08. The van der Waals surface area contributed by atoms with Crippen LogP contribution in [0.2, 0.25) is 0 Å². The molecular weight excluding hydrogens is 242 g/mol. The van der Waals surface area contributed by atoms with Crippen LogP contribution in [0, 0.1) is 0 Å². The van der Waals surface area contributed by atoms with Crippen molar-refractivity contribution in [1.29, 1.82) is 0 Å². The summed E-state index contributed by atoms with van der Waals surface area (Å²) in [6.07, 6.45) is 8.68. The molecule has 0 radical (unpaired) electrons. The van der Waals surface area contributed by atoms with Crippen molar-refractivity contribution in [2.45, 2.75) is 56.6 Å². The molecule has 19 heavy (non-hydrogen) atoms. The highest BCUT2D eigenvalue weighted by molar-refractivity contribution is 4.92. The van der Waals surface area contributed by atoms with Crippen LogP contribution in [-0.2, 0) is 14.2 Å². The van der Waals surface area contributed by atoms with E-state index in [-0.39, 0.29) is 5.60 Å². The van der Waals surface area contributed by atoms with E-state index in [1.165, 1.54) is 38.5 Å². The van der Waals surface area contributed by atoms with Gasteiger partial charge in [0.25, 0.3) is 0 Å². The van der Waals surface area contributed by atoms with E-state index in [9.17, 15) is 0 Å². The molecule has 0 aromatic carbocycles. The third-order valence-corrected chi connectivity index (χ3v) is 4.08. The van der Waals surface area contributed by atoms with E-state index in [4.69, 9.17) is 14.2 Å². The second kappa shape index (κ2) is 8.20. The monoisotopic (exact) mass is 271 g/mol. The van der Waals surface area contributed by atoms with Crippen molar-refractivity contribution >= 4 is 0 Å². The van der Waals surface area contributed by atoms with Crippen LogP contribution < -0.4 is 5.32 Å². The fraction of sp³-hybridized carbons (Fsp3) is 1.00. The summed E-state index contributed by atoms with van der Waals surface area (Å²) in [7, 11) is 1.72. The SMILES string of the molecule is COCCCOCCOC1(CNC2CC2)CCCC1. The van der Waals surface area contributed by atoms with Crippen LogP contribution in [0.1, 0.15) is 44.9 Å². The molecule has 0 aromatic rings. The van der Waals surface area contributed by atoms with Crippen molar-refractivity contribution in [3.05, 3.63) is 0 Å².